The molecule has 1 amide bonds. The van der Waals surface area contributed by atoms with Crippen molar-refractivity contribution in [2.24, 2.45) is 11.7 Å². The molecular formula is C10H10N2OS. The molecule has 1 aromatic rings. The number of hydrogen-bond acceptors (Lipinski definition) is 3. The van der Waals surface area contributed by atoms with Gasteiger partial charge < -0.3 is 5.73 Å². The number of primary amides is 1. The Morgan fingerprint density at radius 2 is 2.50 bits per heavy atom. The molecule has 2 atom stereocenters. The number of hydrogen-bond donors (Lipinski definition) is 1. The van der Waals surface area contributed by atoms with Crippen molar-refractivity contribution in [3.05, 3.63) is 21.9 Å². The number of amides is 1. The second-order valence-corrected chi connectivity index (χ2v) is 4.52. The van der Waals surface area contributed by atoms with Gasteiger partial charge >= 0.3 is 0 Å². The topological polar surface area (TPSA) is 66.9 Å². The maximum absolute atomic E-state index is 11.1. The van der Waals surface area contributed by atoms with Crippen LogP contribution in [-0.2, 0) is 11.2 Å². The van der Waals surface area contributed by atoms with E-state index in [1.54, 1.807) is 11.3 Å². The third-order valence-corrected chi connectivity index (χ3v) is 3.62. The Morgan fingerprint density at radius 1 is 1.71 bits per heavy atom. The van der Waals surface area contributed by atoms with Crippen LogP contribution in [0.4, 0.5) is 0 Å². The molecule has 0 bridgehead atoms. The highest BCUT2D eigenvalue weighted by Gasteiger charge is 2.30. The van der Waals surface area contributed by atoms with Crippen molar-refractivity contribution in [1.82, 2.24) is 0 Å². The van der Waals surface area contributed by atoms with Gasteiger partial charge in [0, 0.05) is 10.8 Å². The lowest BCUT2D eigenvalue weighted by Gasteiger charge is -2.22. The summed E-state index contributed by atoms with van der Waals surface area (Å²) in [6.45, 7) is 0. The minimum atomic E-state index is -0.288. The summed E-state index contributed by atoms with van der Waals surface area (Å²) >= 11 is 1.61. The summed E-state index contributed by atoms with van der Waals surface area (Å²) in [5, 5.41) is 10.9. The fourth-order valence-corrected chi connectivity index (χ4v) is 2.91. The molecule has 0 fully saturated rings. The number of fused-ring (bicyclic) bond motifs is 1. The van der Waals surface area contributed by atoms with Crippen LogP contribution >= 0.6 is 11.3 Å². The van der Waals surface area contributed by atoms with E-state index in [9.17, 15) is 4.79 Å². The highest BCUT2D eigenvalue weighted by molar-refractivity contribution is 7.10. The molecular weight excluding hydrogens is 196 g/mol. The monoisotopic (exact) mass is 206 g/mol. The first-order chi connectivity index (χ1) is 6.72. The van der Waals surface area contributed by atoms with Gasteiger partial charge in [-0.2, -0.15) is 5.26 Å². The molecule has 1 aliphatic carbocycles. The SMILES string of the molecule is N#CC1CC(C(N)=O)Cc2sccc21. The van der Waals surface area contributed by atoms with E-state index in [-0.39, 0.29) is 17.7 Å². The van der Waals surface area contributed by atoms with Crippen molar-refractivity contribution >= 4 is 17.2 Å². The Labute approximate surface area is 86.1 Å². The first-order valence-corrected chi connectivity index (χ1v) is 5.35. The smallest absolute Gasteiger partial charge is 0.220 e. The molecule has 2 N–H and O–H groups in total. The molecule has 0 saturated heterocycles. The molecule has 1 heterocycles. The number of carbonyl (C=O) groups excluding carboxylic acids is 1. The zero-order valence-corrected chi connectivity index (χ0v) is 8.38. The molecule has 0 radical (unpaired) electrons. The van der Waals surface area contributed by atoms with E-state index in [1.165, 1.54) is 0 Å². The number of nitriles is 1. The number of rotatable bonds is 1. The van der Waals surface area contributed by atoms with Crippen molar-refractivity contribution in [3.63, 3.8) is 0 Å². The summed E-state index contributed by atoms with van der Waals surface area (Å²) in [7, 11) is 0. The van der Waals surface area contributed by atoms with Crippen LogP contribution in [0.2, 0.25) is 0 Å². The first kappa shape index (κ1) is 9.22. The van der Waals surface area contributed by atoms with Crippen LogP contribution in [0.25, 0.3) is 0 Å². The third-order valence-electron chi connectivity index (χ3n) is 2.67. The van der Waals surface area contributed by atoms with Crippen molar-refractivity contribution < 1.29 is 4.79 Å². The van der Waals surface area contributed by atoms with Crippen LogP contribution < -0.4 is 5.73 Å². The highest BCUT2D eigenvalue weighted by atomic mass is 32.1. The molecule has 4 heteroatoms. The maximum Gasteiger partial charge on any atom is 0.220 e. The Bertz CT molecular complexity index is 404. The van der Waals surface area contributed by atoms with Crippen LogP contribution in [0.1, 0.15) is 22.8 Å². The van der Waals surface area contributed by atoms with Gasteiger partial charge in [0.05, 0.1) is 12.0 Å². The standard InChI is InChI=1S/C10H10N2OS/c11-5-7-3-6(10(12)13)4-9-8(7)1-2-14-9/h1-2,6-7H,3-4H2,(H2,12,13). The van der Waals surface area contributed by atoms with Crippen molar-refractivity contribution in [2.75, 3.05) is 0 Å². The normalized spacial score (nSPS) is 25.1. The molecule has 72 valence electrons. The Balaban J connectivity index is 2.34. The quantitative estimate of drug-likeness (QED) is 0.754. The third kappa shape index (κ3) is 1.40. The molecule has 14 heavy (non-hydrogen) atoms. The number of carbonyl (C=O) groups is 1. The molecule has 2 rings (SSSR count). The lowest BCUT2D eigenvalue weighted by Crippen LogP contribution is -2.29. The fourth-order valence-electron chi connectivity index (χ4n) is 1.88. The van der Waals surface area contributed by atoms with Crippen LogP contribution in [0.3, 0.4) is 0 Å². The van der Waals surface area contributed by atoms with Gasteiger partial charge in [-0.1, -0.05) is 0 Å². The summed E-state index contributed by atoms with van der Waals surface area (Å²) in [6, 6.07) is 4.21. The van der Waals surface area contributed by atoms with E-state index >= 15 is 0 Å². The molecule has 3 nitrogen and oxygen atoms in total. The van der Waals surface area contributed by atoms with E-state index in [1.807, 2.05) is 11.4 Å². The van der Waals surface area contributed by atoms with Crippen molar-refractivity contribution in [1.29, 1.82) is 5.26 Å². The fraction of sp³-hybridized carbons (Fsp3) is 0.400. The van der Waals surface area contributed by atoms with Crippen LogP contribution in [0.5, 0.6) is 0 Å². The van der Waals surface area contributed by atoms with Crippen molar-refractivity contribution in [2.45, 2.75) is 18.8 Å². The Hall–Kier alpha value is -1.34. The molecule has 0 aromatic carbocycles. The molecule has 2 unspecified atom stereocenters. The minimum absolute atomic E-state index is 0.150. The molecule has 0 saturated carbocycles. The molecule has 0 spiro atoms. The predicted octanol–water partition coefficient (Wildman–Crippen LogP) is 1.40. The maximum atomic E-state index is 11.1. The van der Waals surface area contributed by atoms with Gasteiger partial charge in [-0.15, -0.1) is 11.3 Å². The predicted molar refractivity (Wildman–Crippen MR) is 53.7 cm³/mol. The number of thiophene rings is 1. The van der Waals surface area contributed by atoms with Gasteiger partial charge in [0.25, 0.3) is 0 Å². The van der Waals surface area contributed by atoms with E-state index in [0.717, 1.165) is 10.4 Å². The summed E-state index contributed by atoms with van der Waals surface area (Å²) in [6.07, 6.45) is 1.29. The zero-order chi connectivity index (χ0) is 10.1. The van der Waals surface area contributed by atoms with Crippen LogP contribution in [0.15, 0.2) is 11.4 Å². The second kappa shape index (κ2) is 3.43. The van der Waals surface area contributed by atoms with Gasteiger partial charge in [0.1, 0.15) is 0 Å². The number of nitrogens with zero attached hydrogens (tertiary/aromatic N) is 1. The zero-order valence-electron chi connectivity index (χ0n) is 7.56. The van der Waals surface area contributed by atoms with Gasteiger partial charge in [-0.3, -0.25) is 4.79 Å². The summed E-state index contributed by atoms with van der Waals surface area (Å²) in [4.78, 5) is 12.2. The summed E-state index contributed by atoms with van der Waals surface area (Å²) < 4.78 is 0. The minimum Gasteiger partial charge on any atom is -0.369 e. The molecule has 1 aliphatic rings. The lowest BCUT2D eigenvalue weighted by atomic mass is 9.81. The average molecular weight is 206 g/mol. The lowest BCUT2D eigenvalue weighted by molar-refractivity contribution is -0.122. The van der Waals surface area contributed by atoms with E-state index in [2.05, 4.69) is 6.07 Å². The summed E-state index contributed by atoms with van der Waals surface area (Å²) in [5.41, 5.74) is 6.36. The Kier molecular flexibility index (Phi) is 2.26. The Morgan fingerprint density at radius 3 is 3.14 bits per heavy atom. The van der Waals surface area contributed by atoms with Crippen LogP contribution in [-0.4, -0.2) is 5.91 Å². The summed E-state index contributed by atoms with van der Waals surface area (Å²) in [5.74, 6) is -0.599. The first-order valence-electron chi connectivity index (χ1n) is 4.47. The van der Waals surface area contributed by atoms with Gasteiger partial charge in [0.15, 0.2) is 0 Å². The van der Waals surface area contributed by atoms with E-state index in [0.29, 0.717) is 12.8 Å². The average Bonchev–Trinajstić information content (AvgIpc) is 2.63. The number of nitrogens with two attached hydrogens (primary N) is 1. The molecule has 0 aliphatic heterocycles. The van der Waals surface area contributed by atoms with E-state index < -0.39 is 0 Å². The van der Waals surface area contributed by atoms with E-state index in [4.69, 9.17) is 11.0 Å². The van der Waals surface area contributed by atoms with Gasteiger partial charge in [-0.25, -0.2) is 0 Å². The molecule has 1 aromatic heterocycles. The highest BCUT2D eigenvalue weighted by Crippen LogP contribution is 2.37. The van der Waals surface area contributed by atoms with Gasteiger partial charge in [-0.05, 0) is 29.9 Å². The van der Waals surface area contributed by atoms with Crippen molar-refractivity contribution in [3.8, 4) is 6.07 Å². The second-order valence-electron chi connectivity index (χ2n) is 3.52. The largest absolute Gasteiger partial charge is 0.369 e. The van der Waals surface area contributed by atoms with Crippen LogP contribution in [0, 0.1) is 17.2 Å². The van der Waals surface area contributed by atoms with Gasteiger partial charge in [0.2, 0.25) is 5.91 Å².